The summed E-state index contributed by atoms with van der Waals surface area (Å²) < 4.78 is 6.71. The molecular weight excluding hydrogens is 332 g/mol. The zero-order valence-corrected chi connectivity index (χ0v) is 14.4. The van der Waals surface area contributed by atoms with Gasteiger partial charge in [-0.25, -0.2) is 9.78 Å². The van der Waals surface area contributed by atoms with E-state index in [2.05, 4.69) is 9.98 Å². The molecule has 0 spiro atoms. The molecule has 0 saturated heterocycles. The van der Waals surface area contributed by atoms with Crippen LogP contribution >= 0.6 is 23.1 Å². The predicted octanol–water partition coefficient (Wildman–Crippen LogP) is 3.59. The molecule has 0 aliphatic carbocycles. The highest BCUT2D eigenvalue weighted by atomic mass is 32.2. The van der Waals surface area contributed by atoms with Crippen LogP contribution in [0.4, 0.5) is 0 Å². The maximum atomic E-state index is 11.0. The summed E-state index contributed by atoms with van der Waals surface area (Å²) >= 11 is 2.96. The average Bonchev–Trinajstić information content (AvgIpc) is 3.13. The van der Waals surface area contributed by atoms with Gasteiger partial charge in [-0.05, 0) is 38.1 Å². The molecule has 7 heteroatoms. The van der Waals surface area contributed by atoms with Crippen LogP contribution < -0.4 is 4.74 Å². The van der Waals surface area contributed by atoms with Crippen molar-refractivity contribution in [3.63, 3.8) is 0 Å². The summed E-state index contributed by atoms with van der Waals surface area (Å²) in [6.07, 6.45) is 2.03. The SMILES string of the molecule is CC(C)=CCOc1ccc2nc(C3=NC(C(=O)O)CS3)sc2c1. The molecule has 1 aliphatic rings. The number of carboxylic acid groups (broad SMARTS) is 1. The van der Waals surface area contributed by atoms with Gasteiger partial charge in [-0.2, -0.15) is 0 Å². The number of fused-ring (bicyclic) bond motifs is 1. The normalized spacial score (nSPS) is 17.1. The number of thiazole rings is 1. The number of hydrogen-bond donors (Lipinski definition) is 1. The van der Waals surface area contributed by atoms with E-state index in [1.807, 2.05) is 38.1 Å². The Bertz CT molecular complexity index is 807. The second kappa shape index (κ2) is 6.72. The molecule has 1 unspecified atom stereocenters. The van der Waals surface area contributed by atoms with Gasteiger partial charge in [-0.15, -0.1) is 23.1 Å². The summed E-state index contributed by atoms with van der Waals surface area (Å²) in [4.78, 5) is 19.8. The van der Waals surface area contributed by atoms with E-state index in [1.54, 1.807) is 0 Å². The van der Waals surface area contributed by atoms with Gasteiger partial charge in [-0.3, -0.25) is 4.99 Å². The number of aromatic nitrogens is 1. The van der Waals surface area contributed by atoms with Crippen LogP contribution in [-0.2, 0) is 4.79 Å². The lowest BCUT2D eigenvalue weighted by Crippen LogP contribution is -2.17. The number of rotatable bonds is 5. The lowest BCUT2D eigenvalue weighted by Gasteiger charge is -2.02. The number of benzene rings is 1. The number of hydrogen-bond acceptors (Lipinski definition) is 6. The van der Waals surface area contributed by atoms with Crippen LogP contribution in [0, 0.1) is 0 Å². The molecule has 2 heterocycles. The minimum Gasteiger partial charge on any atom is -0.489 e. The topological polar surface area (TPSA) is 71.8 Å². The van der Waals surface area contributed by atoms with Gasteiger partial charge in [0.2, 0.25) is 0 Å². The van der Waals surface area contributed by atoms with Crippen molar-refractivity contribution in [1.82, 2.24) is 4.98 Å². The summed E-state index contributed by atoms with van der Waals surface area (Å²) in [5, 5.41) is 10.5. The Morgan fingerprint density at radius 1 is 1.48 bits per heavy atom. The Kier molecular flexibility index (Phi) is 4.68. The summed E-state index contributed by atoms with van der Waals surface area (Å²) in [5.41, 5.74) is 2.09. The van der Waals surface area contributed by atoms with Gasteiger partial charge in [0.15, 0.2) is 6.04 Å². The first-order valence-electron chi connectivity index (χ1n) is 7.13. The largest absolute Gasteiger partial charge is 0.489 e. The fraction of sp³-hybridized carbons (Fsp3) is 0.312. The number of aliphatic carboxylic acids is 1. The predicted molar refractivity (Wildman–Crippen MR) is 95.0 cm³/mol. The lowest BCUT2D eigenvalue weighted by atomic mass is 10.3. The van der Waals surface area contributed by atoms with Crippen molar-refractivity contribution in [2.24, 2.45) is 4.99 Å². The highest BCUT2D eigenvalue weighted by Gasteiger charge is 2.26. The van der Waals surface area contributed by atoms with Crippen LogP contribution in [0.1, 0.15) is 18.9 Å². The number of nitrogens with zero attached hydrogens (tertiary/aromatic N) is 2. The molecule has 3 rings (SSSR count). The quantitative estimate of drug-likeness (QED) is 0.836. The van der Waals surface area contributed by atoms with Crippen LogP contribution in [0.5, 0.6) is 5.75 Å². The first-order valence-corrected chi connectivity index (χ1v) is 8.93. The molecule has 0 fully saturated rings. The van der Waals surface area contributed by atoms with Gasteiger partial charge in [-0.1, -0.05) is 5.57 Å². The molecule has 1 aromatic heterocycles. The number of ether oxygens (including phenoxy) is 1. The molecule has 1 atom stereocenters. The molecule has 2 aromatic rings. The Morgan fingerprint density at radius 2 is 2.30 bits per heavy atom. The number of aliphatic imine (C=N–C) groups is 1. The summed E-state index contributed by atoms with van der Waals surface area (Å²) in [6.45, 7) is 4.61. The van der Waals surface area contributed by atoms with E-state index >= 15 is 0 Å². The fourth-order valence-electron chi connectivity index (χ4n) is 2.01. The molecule has 0 saturated carbocycles. The van der Waals surface area contributed by atoms with Gasteiger partial charge in [0.05, 0.1) is 10.2 Å². The van der Waals surface area contributed by atoms with Crippen LogP contribution in [0.15, 0.2) is 34.8 Å². The first-order chi connectivity index (χ1) is 11.0. The molecule has 1 aliphatic heterocycles. The fourth-order valence-corrected chi connectivity index (χ4v) is 4.10. The van der Waals surface area contributed by atoms with Crippen LogP contribution in [0.2, 0.25) is 0 Å². The maximum Gasteiger partial charge on any atom is 0.329 e. The molecule has 1 aromatic carbocycles. The van der Waals surface area contributed by atoms with E-state index in [9.17, 15) is 4.79 Å². The third-order valence-corrected chi connectivity index (χ3v) is 5.43. The highest BCUT2D eigenvalue weighted by molar-refractivity contribution is 8.15. The van der Waals surface area contributed by atoms with E-state index in [0.29, 0.717) is 17.4 Å². The molecule has 1 N–H and O–H groups in total. The maximum absolute atomic E-state index is 11.0. The standard InChI is InChI=1S/C16H16N2O3S2/c1-9(2)5-6-21-10-3-4-11-13(7-10)23-15(17-11)14-18-12(8-22-14)16(19)20/h3-5,7,12H,6,8H2,1-2H3,(H,19,20). The number of carboxylic acids is 1. The third-order valence-electron chi connectivity index (χ3n) is 3.22. The van der Waals surface area contributed by atoms with E-state index in [4.69, 9.17) is 9.84 Å². The number of allylic oxidation sites excluding steroid dienone is 1. The van der Waals surface area contributed by atoms with Crippen LogP contribution in [-0.4, -0.2) is 39.5 Å². The average molecular weight is 348 g/mol. The highest BCUT2D eigenvalue weighted by Crippen LogP contribution is 2.31. The molecule has 0 radical (unpaired) electrons. The van der Waals surface area contributed by atoms with Crippen molar-refractivity contribution in [2.75, 3.05) is 12.4 Å². The number of thioether (sulfide) groups is 1. The summed E-state index contributed by atoms with van der Waals surface area (Å²) in [6, 6.07) is 5.12. The van der Waals surface area contributed by atoms with Gasteiger partial charge in [0, 0.05) is 5.75 Å². The molecular formula is C16H16N2O3S2. The van der Waals surface area contributed by atoms with Crippen molar-refractivity contribution in [3.05, 3.63) is 34.9 Å². The molecule has 5 nitrogen and oxygen atoms in total. The van der Waals surface area contributed by atoms with Crippen molar-refractivity contribution in [3.8, 4) is 5.75 Å². The lowest BCUT2D eigenvalue weighted by molar-refractivity contribution is -0.137. The summed E-state index contributed by atoms with van der Waals surface area (Å²) in [7, 11) is 0. The third kappa shape index (κ3) is 3.73. The minimum atomic E-state index is -0.886. The Hall–Kier alpha value is -1.86. The van der Waals surface area contributed by atoms with E-state index in [-0.39, 0.29) is 0 Å². The first kappa shape index (κ1) is 16.0. The molecule has 120 valence electrons. The smallest absolute Gasteiger partial charge is 0.329 e. The summed E-state index contributed by atoms with van der Waals surface area (Å²) in [5.74, 6) is 0.385. The molecule has 0 amide bonds. The Labute approximate surface area is 142 Å². The Balaban J connectivity index is 1.81. The van der Waals surface area contributed by atoms with Crippen molar-refractivity contribution >= 4 is 44.3 Å². The van der Waals surface area contributed by atoms with Gasteiger partial charge >= 0.3 is 5.97 Å². The number of carbonyl (C=O) groups is 1. The zero-order valence-electron chi connectivity index (χ0n) is 12.8. The second-order valence-electron chi connectivity index (χ2n) is 5.34. The van der Waals surface area contributed by atoms with E-state index in [0.717, 1.165) is 21.0 Å². The van der Waals surface area contributed by atoms with Crippen molar-refractivity contribution in [1.29, 1.82) is 0 Å². The Morgan fingerprint density at radius 3 is 3.00 bits per heavy atom. The van der Waals surface area contributed by atoms with Crippen molar-refractivity contribution in [2.45, 2.75) is 19.9 Å². The second-order valence-corrected chi connectivity index (χ2v) is 7.38. The van der Waals surface area contributed by atoms with E-state index in [1.165, 1.54) is 28.7 Å². The van der Waals surface area contributed by atoms with Crippen LogP contribution in [0.25, 0.3) is 10.2 Å². The van der Waals surface area contributed by atoms with Gasteiger partial charge in [0.25, 0.3) is 0 Å². The minimum absolute atomic E-state index is 0.470. The molecule has 23 heavy (non-hydrogen) atoms. The van der Waals surface area contributed by atoms with Gasteiger partial charge in [0.1, 0.15) is 22.4 Å². The zero-order chi connectivity index (χ0) is 16.4. The monoisotopic (exact) mass is 348 g/mol. The van der Waals surface area contributed by atoms with Crippen molar-refractivity contribution < 1.29 is 14.6 Å². The van der Waals surface area contributed by atoms with E-state index < -0.39 is 12.0 Å². The van der Waals surface area contributed by atoms with Gasteiger partial charge < -0.3 is 9.84 Å². The van der Waals surface area contributed by atoms with Crippen LogP contribution in [0.3, 0.4) is 0 Å². The molecule has 0 bridgehead atoms.